The molecule has 644 valence electrons. The molecule has 1 rings (SSSR count). The van der Waals surface area contributed by atoms with Crippen molar-refractivity contribution in [3.05, 3.63) is 48.6 Å². The van der Waals surface area contributed by atoms with Crippen molar-refractivity contribution < 1.29 is 58.6 Å². The fourth-order valence-electron chi connectivity index (χ4n) is 14.6. The van der Waals surface area contributed by atoms with Crippen LogP contribution in [-0.4, -0.2) is 193 Å². The SMILES string of the molecule is CCCCCC/C=C\CCCCCCCCCC(=O)OCC(O)CN1CCCN(CC(O)COC(=O)CCCCCCCCC/C=C\CCCCCC)CCN(CC(O)COC(=O)CCCCCCCCC/C=C\CCCCCC)CCCN(CC(O)COC(=O)CCCCCCCCC/C=C\CCCCCC)CC1. The second kappa shape index (κ2) is 82.1. The smallest absolute Gasteiger partial charge is 0.305 e. The van der Waals surface area contributed by atoms with Crippen LogP contribution in [0.2, 0.25) is 0 Å². The van der Waals surface area contributed by atoms with Crippen LogP contribution in [0.15, 0.2) is 48.6 Å². The van der Waals surface area contributed by atoms with Crippen LogP contribution in [0, 0.1) is 0 Å². The maximum absolute atomic E-state index is 13.0. The zero-order chi connectivity index (χ0) is 79.7. The quantitative estimate of drug-likeness (QED) is 0.0194. The number of esters is 4. The van der Waals surface area contributed by atoms with Gasteiger partial charge >= 0.3 is 23.9 Å². The lowest BCUT2D eigenvalue weighted by Crippen LogP contribution is -2.47. The van der Waals surface area contributed by atoms with Gasteiger partial charge in [0.15, 0.2) is 0 Å². The summed E-state index contributed by atoms with van der Waals surface area (Å²) in [5.41, 5.74) is 0. The summed E-state index contributed by atoms with van der Waals surface area (Å²) in [5, 5.41) is 46.0. The molecule has 1 aliphatic heterocycles. The molecule has 110 heavy (non-hydrogen) atoms. The first-order valence-corrected chi connectivity index (χ1v) is 46.7. The molecule has 1 heterocycles. The molecule has 1 saturated heterocycles. The van der Waals surface area contributed by atoms with Crippen LogP contribution in [0.4, 0.5) is 0 Å². The number of allylic oxidation sites excluding steroid dienone is 8. The van der Waals surface area contributed by atoms with Crippen LogP contribution in [-0.2, 0) is 38.1 Å². The first-order valence-electron chi connectivity index (χ1n) is 46.7. The number of nitrogens with zero attached hydrogens (tertiary/aromatic N) is 4. The average molecular weight is 1550 g/mol. The molecule has 4 N–H and O–H groups in total. The van der Waals surface area contributed by atoms with E-state index in [0.29, 0.717) is 90.9 Å². The highest BCUT2D eigenvalue weighted by Gasteiger charge is 2.23. The van der Waals surface area contributed by atoms with Gasteiger partial charge in [-0.3, -0.25) is 38.8 Å². The van der Waals surface area contributed by atoms with Crippen molar-refractivity contribution in [2.24, 2.45) is 0 Å². The van der Waals surface area contributed by atoms with E-state index in [-0.39, 0.29) is 76.5 Å². The molecule has 0 radical (unpaired) electrons. The molecule has 0 aliphatic carbocycles. The molecule has 0 aromatic heterocycles. The minimum atomic E-state index is -0.930. The fourth-order valence-corrected chi connectivity index (χ4v) is 14.6. The largest absolute Gasteiger partial charge is 0.463 e. The summed E-state index contributed by atoms with van der Waals surface area (Å²) in [6.07, 6.45) is 78.7. The van der Waals surface area contributed by atoms with Gasteiger partial charge in [0, 0.05) is 78.0 Å². The first-order chi connectivity index (χ1) is 53.9. The fraction of sp³-hybridized carbons (Fsp3) is 0.872. The molecule has 0 amide bonds. The van der Waals surface area contributed by atoms with E-state index in [1.807, 2.05) is 0 Å². The highest BCUT2D eigenvalue weighted by atomic mass is 16.6. The van der Waals surface area contributed by atoms with Crippen molar-refractivity contribution in [3.8, 4) is 0 Å². The van der Waals surface area contributed by atoms with E-state index in [1.54, 1.807) is 0 Å². The minimum absolute atomic E-state index is 0.110. The number of hydrogen-bond acceptors (Lipinski definition) is 16. The van der Waals surface area contributed by atoms with Crippen molar-refractivity contribution in [1.29, 1.82) is 0 Å². The molecular weight excluding hydrogens is 1380 g/mol. The highest BCUT2D eigenvalue weighted by molar-refractivity contribution is 5.70. The zero-order valence-corrected chi connectivity index (χ0v) is 72.1. The number of unbranched alkanes of at least 4 members (excludes halogenated alkanes) is 44. The molecule has 16 heteroatoms. The van der Waals surface area contributed by atoms with E-state index >= 15 is 0 Å². The summed E-state index contributed by atoms with van der Waals surface area (Å²) in [7, 11) is 0. The monoisotopic (exact) mass is 1550 g/mol. The standard InChI is InChI=1S/C94H176N4O12/c1-5-9-13-17-21-25-29-33-37-41-45-49-53-57-61-67-91(103)107-83-87(99)79-95-71-65-72-97(81-89(101)85-109-93(105)69-63-59-55-51-47-43-39-35-31-27-23-19-15-11-7-3)77-78-98(82-90(102)86-110-94(106)70-64-60-56-52-48-44-40-36-32-28-24-20-16-12-8-4)74-66-73-96(76-75-95)80-88(100)84-108-92(104)68-62-58-54-50-46-42-38-34-30-26-22-18-14-10-6-2/h25-32,87-90,99-102H,5-24,33-86H2,1-4H3/b29-25-,30-26-,31-27-,32-28-. The molecule has 1 aliphatic rings. The number of ether oxygens (including phenoxy) is 4. The molecule has 0 aromatic carbocycles. The van der Waals surface area contributed by atoms with Gasteiger partial charge in [-0.05, 0) is 167 Å². The van der Waals surface area contributed by atoms with Crippen molar-refractivity contribution in [2.75, 3.05) is 105 Å². The van der Waals surface area contributed by atoms with Crippen LogP contribution in [0.1, 0.15) is 400 Å². The molecule has 16 nitrogen and oxygen atoms in total. The lowest BCUT2D eigenvalue weighted by molar-refractivity contribution is -0.148. The molecular formula is C94H176N4O12. The molecule has 4 unspecified atom stereocenters. The second-order valence-corrected chi connectivity index (χ2v) is 32.6. The normalized spacial score (nSPS) is 15.5. The predicted molar refractivity (Wildman–Crippen MR) is 461 cm³/mol. The van der Waals surface area contributed by atoms with Gasteiger partial charge in [0.2, 0.25) is 0 Å². The predicted octanol–water partition coefficient (Wildman–Crippen LogP) is 21.8. The van der Waals surface area contributed by atoms with E-state index in [1.165, 1.54) is 231 Å². The minimum Gasteiger partial charge on any atom is -0.463 e. The zero-order valence-electron chi connectivity index (χ0n) is 72.1. The molecule has 0 saturated carbocycles. The molecule has 0 spiro atoms. The number of aliphatic hydroxyl groups is 4. The lowest BCUT2D eigenvalue weighted by atomic mass is 10.1. The Bertz CT molecular complexity index is 1860. The Morgan fingerprint density at radius 2 is 0.391 bits per heavy atom. The number of carbonyl (C=O) groups is 4. The summed E-state index contributed by atoms with van der Waals surface area (Å²) in [6, 6.07) is 0. The van der Waals surface area contributed by atoms with Crippen LogP contribution in [0.5, 0.6) is 0 Å². The van der Waals surface area contributed by atoms with E-state index in [9.17, 15) is 39.6 Å². The Balaban J connectivity index is 3.07. The summed E-state index contributed by atoms with van der Waals surface area (Å²) in [4.78, 5) is 60.7. The van der Waals surface area contributed by atoms with Gasteiger partial charge in [0.1, 0.15) is 50.8 Å². The van der Waals surface area contributed by atoms with Gasteiger partial charge < -0.3 is 39.4 Å². The second-order valence-electron chi connectivity index (χ2n) is 32.6. The first kappa shape index (κ1) is 105. The Kier molecular flexibility index (Phi) is 78.0. The average Bonchev–Trinajstić information content (AvgIpc) is 0.908. The number of aliphatic hydroxyl groups excluding tert-OH is 4. The van der Waals surface area contributed by atoms with Crippen molar-refractivity contribution in [1.82, 2.24) is 19.6 Å². The topological polar surface area (TPSA) is 199 Å². The maximum Gasteiger partial charge on any atom is 0.305 e. The molecule has 1 fully saturated rings. The van der Waals surface area contributed by atoms with Gasteiger partial charge in [0.25, 0.3) is 0 Å². The van der Waals surface area contributed by atoms with Crippen molar-refractivity contribution in [3.63, 3.8) is 0 Å². The molecule has 4 atom stereocenters. The van der Waals surface area contributed by atoms with Crippen LogP contribution in [0.3, 0.4) is 0 Å². The Hall–Kier alpha value is -3.48. The summed E-state index contributed by atoms with van der Waals surface area (Å²) >= 11 is 0. The van der Waals surface area contributed by atoms with Gasteiger partial charge in [-0.2, -0.15) is 0 Å². The Morgan fingerprint density at radius 3 is 0.564 bits per heavy atom. The summed E-state index contributed by atoms with van der Waals surface area (Å²) < 4.78 is 22.7. The van der Waals surface area contributed by atoms with E-state index < -0.39 is 24.4 Å². The maximum atomic E-state index is 13.0. The van der Waals surface area contributed by atoms with Crippen LogP contribution >= 0.6 is 0 Å². The van der Waals surface area contributed by atoms with Crippen LogP contribution < -0.4 is 0 Å². The number of rotatable bonds is 76. The van der Waals surface area contributed by atoms with E-state index in [0.717, 1.165) is 103 Å². The van der Waals surface area contributed by atoms with Gasteiger partial charge in [-0.1, -0.05) is 282 Å². The third-order valence-electron chi connectivity index (χ3n) is 21.6. The van der Waals surface area contributed by atoms with Gasteiger partial charge in [0.05, 0.1) is 0 Å². The Labute approximate surface area is 676 Å². The molecule has 0 aromatic rings. The van der Waals surface area contributed by atoms with Gasteiger partial charge in [-0.15, -0.1) is 0 Å². The van der Waals surface area contributed by atoms with Crippen molar-refractivity contribution >= 4 is 23.9 Å². The Morgan fingerprint density at radius 1 is 0.236 bits per heavy atom. The lowest BCUT2D eigenvalue weighted by Gasteiger charge is -2.34. The molecule has 0 bridgehead atoms. The summed E-state index contributed by atoms with van der Waals surface area (Å²) in [6.45, 7) is 14.0. The van der Waals surface area contributed by atoms with Gasteiger partial charge in [-0.25, -0.2) is 0 Å². The van der Waals surface area contributed by atoms with E-state index in [2.05, 4.69) is 95.9 Å². The summed E-state index contributed by atoms with van der Waals surface area (Å²) in [5.74, 6) is -1.18. The number of β-amino-alcohol motifs (C(OH)–C–C–N with tert-alkyl or cyclic N) is 4. The van der Waals surface area contributed by atoms with Crippen molar-refractivity contribution in [2.45, 2.75) is 425 Å². The third-order valence-corrected chi connectivity index (χ3v) is 21.6. The highest BCUT2D eigenvalue weighted by Crippen LogP contribution is 2.18. The van der Waals surface area contributed by atoms with E-state index in [4.69, 9.17) is 18.9 Å². The number of hydrogen-bond donors (Lipinski definition) is 4. The third kappa shape index (κ3) is 74.6. The number of carbonyl (C=O) groups excluding carboxylic acids is 4. The van der Waals surface area contributed by atoms with Crippen LogP contribution in [0.25, 0.3) is 0 Å².